The van der Waals surface area contributed by atoms with Gasteiger partial charge in [-0.2, -0.15) is 0 Å². The third-order valence-corrected chi connectivity index (χ3v) is 4.07. The Hall–Kier alpha value is -2.17. The van der Waals surface area contributed by atoms with Crippen LogP contribution in [0.4, 0.5) is 0 Å². The molecule has 0 aliphatic carbocycles. The smallest absolute Gasteiger partial charge is 0.258 e. The van der Waals surface area contributed by atoms with Crippen molar-refractivity contribution in [1.29, 1.82) is 0 Å². The first-order valence-corrected chi connectivity index (χ1v) is 7.82. The Kier molecular flexibility index (Phi) is 4.46. The quantitative estimate of drug-likeness (QED) is 0.797. The number of rotatable bonds is 4. The standard InChI is InChI=1S/C18H18ClN3O/c1-12-5-3-4-6-13(12)10-22(2)11-17-20-16-9-14(19)7-8-15(16)18(23)21-17/h3-9H,10-11H2,1-2H3,(H,20,21,23). The van der Waals surface area contributed by atoms with E-state index >= 15 is 0 Å². The molecule has 0 radical (unpaired) electrons. The van der Waals surface area contributed by atoms with Crippen molar-refractivity contribution >= 4 is 22.5 Å². The van der Waals surface area contributed by atoms with Gasteiger partial charge in [-0.1, -0.05) is 35.9 Å². The molecule has 0 spiro atoms. The summed E-state index contributed by atoms with van der Waals surface area (Å²) < 4.78 is 0. The number of aromatic nitrogens is 2. The molecule has 0 fully saturated rings. The average molecular weight is 328 g/mol. The van der Waals surface area contributed by atoms with Crippen molar-refractivity contribution in [3.63, 3.8) is 0 Å². The molecule has 2 aromatic carbocycles. The Bertz CT molecular complexity index is 904. The molecule has 1 N–H and O–H groups in total. The Morgan fingerprint density at radius 2 is 1.96 bits per heavy atom. The predicted octanol–water partition coefficient (Wildman–Crippen LogP) is 3.52. The Morgan fingerprint density at radius 1 is 1.17 bits per heavy atom. The monoisotopic (exact) mass is 327 g/mol. The molecule has 0 amide bonds. The van der Waals surface area contributed by atoms with Gasteiger partial charge in [0.05, 0.1) is 17.4 Å². The summed E-state index contributed by atoms with van der Waals surface area (Å²) in [5, 5.41) is 1.13. The van der Waals surface area contributed by atoms with Gasteiger partial charge in [-0.15, -0.1) is 0 Å². The fourth-order valence-corrected chi connectivity index (χ4v) is 2.79. The van der Waals surface area contributed by atoms with Crippen LogP contribution in [0.2, 0.25) is 5.02 Å². The maximum absolute atomic E-state index is 12.1. The fourth-order valence-electron chi connectivity index (χ4n) is 2.63. The van der Waals surface area contributed by atoms with Crippen molar-refractivity contribution in [1.82, 2.24) is 14.9 Å². The second kappa shape index (κ2) is 6.52. The fraction of sp³-hybridized carbons (Fsp3) is 0.222. The number of aryl methyl sites for hydroxylation is 1. The van der Waals surface area contributed by atoms with Crippen LogP contribution in [0, 0.1) is 6.92 Å². The van der Waals surface area contributed by atoms with E-state index in [-0.39, 0.29) is 5.56 Å². The van der Waals surface area contributed by atoms with Crippen LogP contribution < -0.4 is 5.56 Å². The molecular formula is C18H18ClN3O. The van der Waals surface area contributed by atoms with Crippen molar-refractivity contribution in [3.05, 3.63) is 74.8 Å². The molecule has 23 heavy (non-hydrogen) atoms. The summed E-state index contributed by atoms with van der Waals surface area (Å²) in [6.07, 6.45) is 0. The minimum absolute atomic E-state index is 0.133. The van der Waals surface area contributed by atoms with Crippen molar-refractivity contribution in [2.45, 2.75) is 20.0 Å². The number of H-pyrrole nitrogens is 1. The molecule has 0 unspecified atom stereocenters. The molecule has 4 nitrogen and oxygen atoms in total. The van der Waals surface area contributed by atoms with Crippen molar-refractivity contribution in [2.24, 2.45) is 0 Å². The number of halogens is 1. The molecule has 5 heteroatoms. The lowest BCUT2D eigenvalue weighted by Gasteiger charge is -2.17. The van der Waals surface area contributed by atoms with E-state index in [4.69, 9.17) is 11.6 Å². The Labute approximate surface area is 139 Å². The average Bonchev–Trinajstić information content (AvgIpc) is 2.49. The molecule has 3 rings (SSSR count). The van der Waals surface area contributed by atoms with Crippen molar-refractivity contribution in [3.8, 4) is 0 Å². The van der Waals surface area contributed by atoms with E-state index in [1.807, 2.05) is 19.2 Å². The van der Waals surface area contributed by atoms with Crippen molar-refractivity contribution in [2.75, 3.05) is 7.05 Å². The van der Waals surface area contributed by atoms with Crippen LogP contribution in [-0.2, 0) is 13.1 Å². The number of fused-ring (bicyclic) bond motifs is 1. The molecular weight excluding hydrogens is 310 g/mol. The lowest BCUT2D eigenvalue weighted by atomic mass is 10.1. The minimum atomic E-state index is -0.133. The van der Waals surface area contributed by atoms with Crippen LogP contribution in [0.1, 0.15) is 17.0 Å². The number of aromatic amines is 1. The van der Waals surface area contributed by atoms with Gasteiger partial charge >= 0.3 is 0 Å². The molecule has 0 bridgehead atoms. The molecule has 1 aromatic heterocycles. The van der Waals surface area contributed by atoms with E-state index in [1.54, 1.807) is 18.2 Å². The number of hydrogen-bond donors (Lipinski definition) is 1. The van der Waals surface area contributed by atoms with Crippen LogP contribution in [0.5, 0.6) is 0 Å². The van der Waals surface area contributed by atoms with Gasteiger partial charge in [0.2, 0.25) is 0 Å². The van der Waals surface area contributed by atoms with Crippen LogP contribution in [0.15, 0.2) is 47.3 Å². The molecule has 118 valence electrons. The second-order valence-corrected chi connectivity index (χ2v) is 6.21. The van der Waals surface area contributed by atoms with Gasteiger partial charge in [-0.05, 0) is 43.3 Å². The summed E-state index contributed by atoms with van der Waals surface area (Å²) in [6.45, 7) is 3.46. The van der Waals surface area contributed by atoms with Crippen molar-refractivity contribution < 1.29 is 0 Å². The molecule has 3 aromatic rings. The van der Waals surface area contributed by atoms with Gasteiger partial charge in [0.25, 0.3) is 5.56 Å². The van der Waals surface area contributed by atoms with Gasteiger partial charge in [0.1, 0.15) is 5.82 Å². The highest BCUT2D eigenvalue weighted by atomic mass is 35.5. The predicted molar refractivity (Wildman–Crippen MR) is 93.7 cm³/mol. The summed E-state index contributed by atoms with van der Waals surface area (Å²) >= 11 is 5.99. The van der Waals surface area contributed by atoms with Gasteiger partial charge in [-0.25, -0.2) is 4.98 Å². The summed E-state index contributed by atoms with van der Waals surface area (Å²) in [5.41, 5.74) is 3.01. The number of nitrogens with zero attached hydrogens (tertiary/aromatic N) is 2. The zero-order chi connectivity index (χ0) is 16.4. The third kappa shape index (κ3) is 3.60. The second-order valence-electron chi connectivity index (χ2n) is 5.77. The molecule has 1 heterocycles. The molecule has 0 aliphatic heterocycles. The molecule has 0 saturated heterocycles. The maximum atomic E-state index is 12.1. The molecule has 0 atom stereocenters. The first-order valence-electron chi connectivity index (χ1n) is 7.44. The highest BCUT2D eigenvalue weighted by Gasteiger charge is 2.08. The topological polar surface area (TPSA) is 49.0 Å². The number of benzene rings is 2. The highest BCUT2D eigenvalue weighted by molar-refractivity contribution is 6.31. The summed E-state index contributed by atoms with van der Waals surface area (Å²) in [4.78, 5) is 21.6. The summed E-state index contributed by atoms with van der Waals surface area (Å²) in [6, 6.07) is 13.4. The van der Waals surface area contributed by atoms with Gasteiger partial charge in [0.15, 0.2) is 0 Å². The lowest BCUT2D eigenvalue weighted by molar-refractivity contribution is 0.310. The normalized spacial score (nSPS) is 11.3. The largest absolute Gasteiger partial charge is 0.309 e. The van der Waals surface area contributed by atoms with Gasteiger partial charge < -0.3 is 4.98 Å². The Balaban J connectivity index is 1.83. The summed E-state index contributed by atoms with van der Waals surface area (Å²) in [7, 11) is 2.01. The van der Waals surface area contributed by atoms with E-state index in [2.05, 4.69) is 33.9 Å². The lowest BCUT2D eigenvalue weighted by Crippen LogP contribution is -2.22. The van der Waals surface area contributed by atoms with Gasteiger partial charge in [0, 0.05) is 11.6 Å². The zero-order valence-electron chi connectivity index (χ0n) is 13.1. The highest BCUT2D eigenvalue weighted by Crippen LogP contribution is 2.15. The molecule has 0 aliphatic rings. The van der Waals surface area contributed by atoms with E-state index in [1.165, 1.54) is 11.1 Å². The SMILES string of the molecule is Cc1ccccc1CN(C)Cc1nc2cc(Cl)ccc2c(=O)[nH]1. The van der Waals surface area contributed by atoms with Crippen LogP contribution >= 0.6 is 11.6 Å². The molecule has 0 saturated carbocycles. The number of hydrogen-bond acceptors (Lipinski definition) is 3. The van der Waals surface area contributed by atoms with Crippen LogP contribution in [0.25, 0.3) is 10.9 Å². The Morgan fingerprint density at radius 3 is 2.74 bits per heavy atom. The van der Waals surface area contributed by atoms with Gasteiger partial charge in [-0.3, -0.25) is 9.69 Å². The number of nitrogens with one attached hydrogen (secondary N) is 1. The minimum Gasteiger partial charge on any atom is -0.309 e. The van der Waals surface area contributed by atoms with E-state index in [0.717, 1.165) is 6.54 Å². The maximum Gasteiger partial charge on any atom is 0.258 e. The first kappa shape index (κ1) is 15.7. The van der Waals surface area contributed by atoms with Crippen LogP contribution in [0.3, 0.4) is 0 Å². The summed E-state index contributed by atoms with van der Waals surface area (Å²) in [5.74, 6) is 0.640. The van der Waals surface area contributed by atoms with E-state index < -0.39 is 0 Å². The first-order chi connectivity index (χ1) is 11.0. The third-order valence-electron chi connectivity index (χ3n) is 3.84. The van der Waals surface area contributed by atoms with E-state index in [9.17, 15) is 4.79 Å². The zero-order valence-corrected chi connectivity index (χ0v) is 13.9. The van der Waals surface area contributed by atoms with Crippen LogP contribution in [-0.4, -0.2) is 21.9 Å². The van der Waals surface area contributed by atoms with E-state index in [0.29, 0.717) is 28.3 Å².